The summed E-state index contributed by atoms with van der Waals surface area (Å²) in [5, 5.41) is 3.05. The van der Waals surface area contributed by atoms with Gasteiger partial charge in [-0.25, -0.2) is 0 Å². The Labute approximate surface area is 164 Å². The number of carbonyl (C=O) groups excluding carboxylic acids is 1. The second-order valence-electron chi connectivity index (χ2n) is 7.21. The number of fused-ring (bicyclic) bond motifs is 1. The van der Waals surface area contributed by atoms with Gasteiger partial charge in [0.1, 0.15) is 5.69 Å². The minimum atomic E-state index is -0.0763. The van der Waals surface area contributed by atoms with Crippen molar-refractivity contribution in [2.24, 2.45) is 0 Å². The monoisotopic (exact) mass is 372 g/mol. The van der Waals surface area contributed by atoms with Crippen molar-refractivity contribution in [1.82, 2.24) is 9.88 Å². The highest BCUT2D eigenvalue weighted by Crippen LogP contribution is 2.24. The highest BCUT2D eigenvalue weighted by molar-refractivity contribution is 5.97. The maximum atomic E-state index is 12.9. The Hall–Kier alpha value is -3.27. The van der Waals surface area contributed by atoms with Crippen LogP contribution < -0.4 is 5.32 Å². The molecule has 0 spiro atoms. The molecule has 0 fully saturated rings. The summed E-state index contributed by atoms with van der Waals surface area (Å²) in [6.07, 6.45) is 2.47. The average Bonchev–Trinajstić information content (AvgIpc) is 3.28. The first-order chi connectivity index (χ1) is 13.6. The van der Waals surface area contributed by atoms with Crippen LogP contribution >= 0.6 is 0 Å². The van der Waals surface area contributed by atoms with Crippen LogP contribution in [0.15, 0.2) is 71.3 Å². The van der Waals surface area contributed by atoms with Crippen LogP contribution in [0.3, 0.4) is 0 Å². The van der Waals surface area contributed by atoms with E-state index in [-0.39, 0.29) is 5.91 Å². The summed E-state index contributed by atoms with van der Waals surface area (Å²) in [5.74, 6) is -0.0763. The third kappa shape index (κ3) is 3.72. The topological polar surface area (TPSA) is 47.2 Å². The van der Waals surface area contributed by atoms with E-state index in [1.165, 1.54) is 22.3 Å². The molecule has 0 aliphatic heterocycles. The van der Waals surface area contributed by atoms with Crippen LogP contribution in [-0.4, -0.2) is 17.0 Å². The number of amides is 1. The molecule has 1 N–H and O–H groups in total. The second-order valence-corrected chi connectivity index (χ2v) is 7.21. The quantitative estimate of drug-likeness (QED) is 0.525. The molecule has 4 nitrogen and oxygen atoms in total. The lowest BCUT2D eigenvalue weighted by atomic mass is 10.1. The predicted octanol–water partition coefficient (Wildman–Crippen LogP) is 4.87. The smallest absolute Gasteiger partial charge is 0.268 e. The van der Waals surface area contributed by atoms with Crippen LogP contribution in [-0.2, 0) is 13.0 Å². The standard InChI is InChI=1S/C24H24N2O2/c1-17-8-9-18(2)20(14-17)16-26-21-11-13-28-23(21)15-22(26)24(27)25-12-10-19-6-4-3-5-7-19/h3-9,11,13-15H,10,12,16H2,1-2H3,(H,25,27). The van der Waals surface area contributed by atoms with E-state index in [9.17, 15) is 4.79 Å². The molecule has 4 heteroatoms. The summed E-state index contributed by atoms with van der Waals surface area (Å²) in [6, 6.07) is 20.3. The van der Waals surface area contributed by atoms with Gasteiger partial charge in [-0.1, -0.05) is 54.1 Å². The van der Waals surface area contributed by atoms with Crippen molar-refractivity contribution in [2.45, 2.75) is 26.8 Å². The van der Waals surface area contributed by atoms with E-state index in [0.717, 1.165) is 17.5 Å². The van der Waals surface area contributed by atoms with Gasteiger partial charge in [0.25, 0.3) is 5.91 Å². The summed E-state index contributed by atoms with van der Waals surface area (Å²) in [7, 11) is 0. The highest BCUT2D eigenvalue weighted by atomic mass is 16.3. The largest absolute Gasteiger partial charge is 0.463 e. The zero-order chi connectivity index (χ0) is 19.5. The molecule has 142 valence electrons. The number of aryl methyl sites for hydroxylation is 2. The molecule has 2 aromatic heterocycles. The molecule has 28 heavy (non-hydrogen) atoms. The van der Waals surface area contributed by atoms with Gasteiger partial charge < -0.3 is 14.3 Å². The molecular weight excluding hydrogens is 348 g/mol. The van der Waals surface area contributed by atoms with Gasteiger partial charge >= 0.3 is 0 Å². The number of aromatic nitrogens is 1. The van der Waals surface area contributed by atoms with Crippen LogP contribution in [0, 0.1) is 13.8 Å². The minimum absolute atomic E-state index is 0.0763. The molecular formula is C24H24N2O2. The van der Waals surface area contributed by atoms with Crippen LogP contribution in [0.4, 0.5) is 0 Å². The summed E-state index contributed by atoms with van der Waals surface area (Å²) < 4.78 is 7.59. The number of hydrogen-bond donors (Lipinski definition) is 1. The van der Waals surface area contributed by atoms with Gasteiger partial charge in [-0.2, -0.15) is 0 Å². The van der Waals surface area contributed by atoms with E-state index in [1.807, 2.05) is 34.9 Å². The van der Waals surface area contributed by atoms with E-state index in [4.69, 9.17) is 4.42 Å². The average molecular weight is 372 g/mol. The summed E-state index contributed by atoms with van der Waals surface area (Å²) in [4.78, 5) is 12.9. The number of hydrogen-bond acceptors (Lipinski definition) is 2. The van der Waals surface area contributed by atoms with Crippen LogP contribution in [0.2, 0.25) is 0 Å². The Morgan fingerprint density at radius 2 is 1.86 bits per heavy atom. The molecule has 0 aliphatic rings. The summed E-state index contributed by atoms with van der Waals surface area (Å²) in [5.41, 5.74) is 7.15. The molecule has 0 bridgehead atoms. The first kappa shape index (κ1) is 18.1. The van der Waals surface area contributed by atoms with Crippen LogP contribution in [0.5, 0.6) is 0 Å². The van der Waals surface area contributed by atoms with Gasteiger partial charge in [-0.3, -0.25) is 4.79 Å². The normalized spacial score (nSPS) is 11.1. The van der Waals surface area contributed by atoms with Gasteiger partial charge in [0, 0.05) is 25.2 Å². The van der Waals surface area contributed by atoms with Gasteiger partial charge in [0.15, 0.2) is 5.58 Å². The maximum absolute atomic E-state index is 12.9. The number of nitrogens with zero attached hydrogens (tertiary/aromatic N) is 1. The van der Waals surface area contributed by atoms with E-state index in [2.05, 4.69) is 49.5 Å². The first-order valence-electron chi connectivity index (χ1n) is 9.57. The molecule has 0 unspecified atom stereocenters. The second kappa shape index (κ2) is 7.77. The molecule has 4 rings (SSSR count). The lowest BCUT2D eigenvalue weighted by molar-refractivity contribution is 0.0945. The molecule has 0 atom stereocenters. The van der Waals surface area contributed by atoms with Crippen molar-refractivity contribution in [3.05, 3.63) is 94.9 Å². The number of benzene rings is 2. The van der Waals surface area contributed by atoms with Gasteiger partial charge in [-0.05, 0) is 37.0 Å². The lowest BCUT2D eigenvalue weighted by Crippen LogP contribution is -2.28. The fraction of sp³-hybridized carbons (Fsp3) is 0.208. The molecule has 2 heterocycles. The Morgan fingerprint density at radius 3 is 2.68 bits per heavy atom. The Kier molecular flexibility index (Phi) is 5.02. The molecule has 2 aromatic carbocycles. The number of rotatable bonds is 6. The fourth-order valence-corrected chi connectivity index (χ4v) is 3.53. The SMILES string of the molecule is Cc1ccc(C)c(Cn2c(C(=O)NCCc3ccccc3)cc3occc32)c1. The summed E-state index contributed by atoms with van der Waals surface area (Å²) >= 11 is 0. The van der Waals surface area contributed by atoms with Crippen molar-refractivity contribution < 1.29 is 9.21 Å². The molecule has 0 saturated carbocycles. The number of furan rings is 1. The van der Waals surface area contributed by atoms with Gasteiger partial charge in [-0.15, -0.1) is 0 Å². The van der Waals surface area contributed by atoms with Crippen molar-refractivity contribution in [1.29, 1.82) is 0 Å². The third-order valence-electron chi connectivity index (χ3n) is 5.13. The zero-order valence-electron chi connectivity index (χ0n) is 16.2. The van der Waals surface area contributed by atoms with Gasteiger partial charge in [0.2, 0.25) is 0 Å². The molecule has 0 saturated heterocycles. The Balaban J connectivity index is 1.56. The molecule has 4 aromatic rings. The fourth-order valence-electron chi connectivity index (χ4n) is 3.53. The van der Waals surface area contributed by atoms with E-state index < -0.39 is 0 Å². The highest BCUT2D eigenvalue weighted by Gasteiger charge is 2.18. The van der Waals surface area contributed by atoms with Crippen LogP contribution in [0.1, 0.15) is 32.7 Å². The van der Waals surface area contributed by atoms with Crippen LogP contribution in [0.25, 0.3) is 11.1 Å². The maximum Gasteiger partial charge on any atom is 0.268 e. The number of carbonyl (C=O) groups is 1. The van der Waals surface area contributed by atoms with Crippen molar-refractivity contribution >= 4 is 17.0 Å². The van der Waals surface area contributed by atoms with E-state index >= 15 is 0 Å². The zero-order valence-corrected chi connectivity index (χ0v) is 16.2. The minimum Gasteiger partial charge on any atom is -0.463 e. The van der Waals surface area contributed by atoms with Crippen molar-refractivity contribution in [2.75, 3.05) is 6.54 Å². The summed E-state index contributed by atoms with van der Waals surface area (Å²) in [6.45, 7) is 5.42. The molecule has 0 radical (unpaired) electrons. The van der Waals surface area contributed by atoms with E-state index in [0.29, 0.717) is 18.8 Å². The molecule has 0 aliphatic carbocycles. The van der Waals surface area contributed by atoms with Crippen molar-refractivity contribution in [3.63, 3.8) is 0 Å². The Morgan fingerprint density at radius 1 is 1.04 bits per heavy atom. The lowest BCUT2D eigenvalue weighted by Gasteiger charge is -2.13. The first-order valence-corrected chi connectivity index (χ1v) is 9.57. The third-order valence-corrected chi connectivity index (χ3v) is 5.13. The Bertz CT molecular complexity index is 1110. The molecule has 1 amide bonds. The van der Waals surface area contributed by atoms with Gasteiger partial charge in [0.05, 0.1) is 11.8 Å². The van der Waals surface area contributed by atoms with Crippen molar-refractivity contribution in [3.8, 4) is 0 Å². The predicted molar refractivity (Wildman–Crippen MR) is 112 cm³/mol. The number of nitrogens with one attached hydrogen (secondary N) is 1. The van der Waals surface area contributed by atoms with E-state index in [1.54, 1.807) is 6.26 Å².